The average Bonchev–Trinajstić information content (AvgIpc) is 2.67. The third-order valence-electron chi connectivity index (χ3n) is 3.71. The number of hydrogen-bond donors (Lipinski definition) is 1. The Morgan fingerprint density at radius 3 is 2.58 bits per heavy atom. The van der Waals surface area contributed by atoms with E-state index < -0.39 is 5.97 Å². The number of benzene rings is 2. The molecule has 0 radical (unpaired) electrons. The highest BCUT2D eigenvalue weighted by Crippen LogP contribution is 2.09. The highest BCUT2D eigenvalue weighted by Gasteiger charge is 1.95. The van der Waals surface area contributed by atoms with E-state index in [9.17, 15) is 4.79 Å². The molecule has 0 amide bonds. The van der Waals surface area contributed by atoms with E-state index in [4.69, 9.17) is 4.74 Å². The van der Waals surface area contributed by atoms with E-state index in [1.807, 2.05) is 30.3 Å². The number of unbranched alkanes of at least 4 members (excludes halogenated alkanes) is 1. The lowest BCUT2D eigenvalue weighted by Crippen LogP contribution is -2.01. The van der Waals surface area contributed by atoms with Gasteiger partial charge in [0.05, 0.1) is 6.61 Å². The Labute approximate surface area is 156 Å². The molecule has 0 aliphatic rings. The first-order valence-electron chi connectivity index (χ1n) is 8.99. The molecule has 0 spiro atoms. The first kappa shape index (κ1) is 19.3. The van der Waals surface area contributed by atoms with Crippen LogP contribution in [0.1, 0.15) is 30.9 Å². The van der Waals surface area contributed by atoms with Crippen LogP contribution in [-0.4, -0.2) is 19.1 Å². The molecule has 26 heavy (non-hydrogen) atoms. The normalized spacial score (nSPS) is 10.2. The van der Waals surface area contributed by atoms with Crippen LogP contribution in [0.15, 0.2) is 66.7 Å². The van der Waals surface area contributed by atoms with Crippen molar-refractivity contribution in [1.82, 2.24) is 0 Å². The van der Waals surface area contributed by atoms with E-state index in [0.29, 0.717) is 6.61 Å². The summed E-state index contributed by atoms with van der Waals surface area (Å²) in [5, 5.41) is 3.39. The van der Waals surface area contributed by atoms with Gasteiger partial charge in [0.25, 0.3) is 0 Å². The van der Waals surface area contributed by atoms with Crippen LogP contribution in [0.4, 0.5) is 5.69 Å². The molecule has 3 nitrogen and oxygen atoms in total. The molecule has 2 aromatic carbocycles. The van der Waals surface area contributed by atoms with Gasteiger partial charge in [-0.3, -0.25) is 0 Å². The van der Waals surface area contributed by atoms with Gasteiger partial charge in [0.1, 0.15) is 0 Å². The van der Waals surface area contributed by atoms with Gasteiger partial charge in [0.15, 0.2) is 0 Å². The highest BCUT2D eigenvalue weighted by atomic mass is 16.5. The molecule has 0 heterocycles. The molecule has 3 heteroatoms. The Kier molecular flexibility index (Phi) is 8.59. The maximum Gasteiger partial charge on any atom is 0.384 e. The number of carbonyl (C=O) groups excluding carboxylic acids is 1. The van der Waals surface area contributed by atoms with Crippen molar-refractivity contribution in [3.63, 3.8) is 0 Å². The van der Waals surface area contributed by atoms with Crippen molar-refractivity contribution in [2.45, 2.75) is 26.2 Å². The lowest BCUT2D eigenvalue weighted by molar-refractivity contribution is -0.136. The number of allylic oxidation sites excluding steroid dienone is 2. The summed E-state index contributed by atoms with van der Waals surface area (Å²) in [6.45, 7) is 3.03. The summed E-state index contributed by atoms with van der Waals surface area (Å²) in [6.07, 6.45) is 7.59. The molecule has 2 aromatic rings. The Balaban J connectivity index is 1.64. The molecule has 1 N–H and O–H groups in total. The van der Waals surface area contributed by atoms with Gasteiger partial charge in [-0.1, -0.05) is 48.4 Å². The van der Waals surface area contributed by atoms with Gasteiger partial charge in [0, 0.05) is 23.7 Å². The van der Waals surface area contributed by atoms with E-state index in [0.717, 1.165) is 37.1 Å². The molecule has 0 saturated carbocycles. The third kappa shape index (κ3) is 7.72. The van der Waals surface area contributed by atoms with E-state index >= 15 is 0 Å². The maximum atomic E-state index is 11.2. The zero-order valence-corrected chi connectivity index (χ0v) is 15.2. The van der Waals surface area contributed by atoms with E-state index in [1.54, 1.807) is 6.92 Å². The maximum absolute atomic E-state index is 11.2. The molecular weight excluding hydrogens is 322 g/mol. The summed E-state index contributed by atoms with van der Waals surface area (Å²) >= 11 is 0. The number of rotatable bonds is 8. The van der Waals surface area contributed by atoms with Gasteiger partial charge in [-0.25, -0.2) is 4.79 Å². The van der Waals surface area contributed by atoms with Crippen molar-refractivity contribution in [3.8, 4) is 11.8 Å². The van der Waals surface area contributed by atoms with Crippen LogP contribution in [-0.2, 0) is 16.0 Å². The predicted octanol–water partition coefficient (Wildman–Crippen LogP) is 4.59. The Morgan fingerprint density at radius 2 is 1.85 bits per heavy atom. The third-order valence-corrected chi connectivity index (χ3v) is 3.71. The zero-order valence-electron chi connectivity index (χ0n) is 15.2. The fraction of sp³-hybridized carbons (Fsp3) is 0.261. The number of nitrogens with one attached hydrogen (secondary N) is 1. The first-order valence-corrected chi connectivity index (χ1v) is 8.99. The second-order valence-electron chi connectivity index (χ2n) is 5.78. The minimum absolute atomic E-state index is 0.345. The van der Waals surface area contributed by atoms with Gasteiger partial charge in [-0.2, -0.15) is 0 Å². The van der Waals surface area contributed by atoms with Gasteiger partial charge >= 0.3 is 5.97 Å². The summed E-state index contributed by atoms with van der Waals surface area (Å²) in [5.74, 6) is 4.77. The molecule has 2 rings (SSSR count). The second-order valence-corrected chi connectivity index (χ2v) is 5.78. The summed E-state index contributed by atoms with van der Waals surface area (Å²) < 4.78 is 4.78. The quantitative estimate of drug-likeness (QED) is 0.328. The minimum Gasteiger partial charge on any atom is -0.456 e. The van der Waals surface area contributed by atoms with Crippen LogP contribution in [0.25, 0.3) is 0 Å². The van der Waals surface area contributed by atoms with Crippen LogP contribution >= 0.6 is 0 Å². The Bertz CT molecular complexity index is 752. The Hall–Kier alpha value is -2.99. The monoisotopic (exact) mass is 347 g/mol. The van der Waals surface area contributed by atoms with E-state index in [2.05, 4.69) is 53.6 Å². The molecule has 0 aliphatic heterocycles. The van der Waals surface area contributed by atoms with Crippen LogP contribution in [0, 0.1) is 11.8 Å². The number of esters is 1. The average molecular weight is 347 g/mol. The van der Waals surface area contributed by atoms with E-state index in [-0.39, 0.29) is 0 Å². The van der Waals surface area contributed by atoms with Crippen LogP contribution in [0.5, 0.6) is 0 Å². The molecule has 0 unspecified atom stereocenters. The topological polar surface area (TPSA) is 38.3 Å². The first-order chi connectivity index (χ1) is 12.8. The van der Waals surface area contributed by atoms with Crippen molar-refractivity contribution in [3.05, 3.63) is 77.9 Å². The lowest BCUT2D eigenvalue weighted by atomic mass is 10.1. The molecule has 0 atom stereocenters. The van der Waals surface area contributed by atoms with Gasteiger partial charge in [0.2, 0.25) is 0 Å². The highest BCUT2D eigenvalue weighted by molar-refractivity contribution is 5.89. The standard InChI is InChI=1S/C23H25NO2/c1-2-26-23(25)18-15-21-13-16-22(17-14-21)24-19-9-4-3-6-10-20-11-7-5-8-12-20/h3,5-8,11-14,16-17,24H,2,4,9-10,19H2,1H3/b6-3+. The molecule has 0 bridgehead atoms. The summed E-state index contributed by atoms with van der Waals surface area (Å²) in [5.41, 5.74) is 3.19. The predicted molar refractivity (Wildman–Crippen MR) is 107 cm³/mol. The summed E-state index contributed by atoms with van der Waals surface area (Å²) in [7, 11) is 0. The molecule has 0 aliphatic carbocycles. The van der Waals surface area contributed by atoms with Gasteiger partial charge < -0.3 is 10.1 Å². The van der Waals surface area contributed by atoms with Crippen molar-refractivity contribution >= 4 is 11.7 Å². The fourth-order valence-electron chi connectivity index (χ4n) is 2.37. The fourth-order valence-corrected chi connectivity index (χ4v) is 2.37. The molecule has 0 saturated heterocycles. The van der Waals surface area contributed by atoms with Crippen LogP contribution in [0.2, 0.25) is 0 Å². The molecule has 0 aromatic heterocycles. The molecule has 0 fully saturated rings. The van der Waals surface area contributed by atoms with Crippen LogP contribution < -0.4 is 5.32 Å². The van der Waals surface area contributed by atoms with Crippen molar-refractivity contribution < 1.29 is 9.53 Å². The zero-order chi connectivity index (χ0) is 18.5. The molecule has 134 valence electrons. The minimum atomic E-state index is -0.491. The van der Waals surface area contributed by atoms with Gasteiger partial charge in [-0.15, -0.1) is 0 Å². The SMILES string of the molecule is CCOC(=O)C#Cc1ccc(NCCC/C=C/Cc2ccccc2)cc1. The second kappa shape index (κ2) is 11.5. The lowest BCUT2D eigenvalue weighted by Gasteiger charge is -2.05. The Morgan fingerprint density at radius 1 is 1.08 bits per heavy atom. The largest absolute Gasteiger partial charge is 0.456 e. The smallest absolute Gasteiger partial charge is 0.384 e. The summed E-state index contributed by atoms with van der Waals surface area (Å²) in [4.78, 5) is 11.2. The van der Waals surface area contributed by atoms with E-state index in [1.165, 1.54) is 5.56 Å². The van der Waals surface area contributed by atoms with Crippen molar-refractivity contribution in [1.29, 1.82) is 0 Å². The molecular formula is C23H25NO2. The summed E-state index contributed by atoms with van der Waals surface area (Å²) in [6, 6.07) is 18.2. The van der Waals surface area contributed by atoms with Crippen molar-refractivity contribution in [2.24, 2.45) is 0 Å². The number of anilines is 1. The van der Waals surface area contributed by atoms with Crippen molar-refractivity contribution in [2.75, 3.05) is 18.5 Å². The number of carbonyl (C=O) groups is 1. The number of ether oxygens (including phenoxy) is 1. The van der Waals surface area contributed by atoms with Crippen LogP contribution in [0.3, 0.4) is 0 Å². The number of hydrogen-bond acceptors (Lipinski definition) is 3. The van der Waals surface area contributed by atoms with Gasteiger partial charge in [-0.05, 0) is 56.0 Å².